The maximum atomic E-state index is 12.3. The molecule has 2 aromatic carbocycles. The van der Waals surface area contributed by atoms with Crippen LogP contribution in [0.1, 0.15) is 11.1 Å². The van der Waals surface area contributed by atoms with E-state index >= 15 is 0 Å². The summed E-state index contributed by atoms with van der Waals surface area (Å²) in [7, 11) is 0. The number of ether oxygens (including phenoxy) is 1. The Kier molecular flexibility index (Phi) is 4.95. The summed E-state index contributed by atoms with van der Waals surface area (Å²) in [4.78, 5) is 2.91. The molecule has 0 saturated carbocycles. The molecule has 22 heavy (non-hydrogen) atoms. The van der Waals surface area contributed by atoms with E-state index in [2.05, 4.69) is 11.0 Å². The summed E-state index contributed by atoms with van der Waals surface area (Å²) in [6.45, 7) is 3.14. The van der Waals surface area contributed by atoms with Gasteiger partial charge in [0.15, 0.2) is 0 Å². The molecule has 2 nitrogen and oxygen atoms in total. The third-order valence-corrected chi connectivity index (χ3v) is 4.31. The third-order valence-electron chi connectivity index (χ3n) is 3.59. The number of hydrogen-bond acceptors (Lipinski definition) is 3. The summed E-state index contributed by atoms with van der Waals surface area (Å²) < 4.78 is 30.4. The van der Waals surface area contributed by atoms with Crippen LogP contribution in [0, 0.1) is 0 Å². The minimum atomic E-state index is -2.37. The Balaban J connectivity index is 1.65. The van der Waals surface area contributed by atoms with Crippen molar-refractivity contribution in [2.45, 2.75) is 23.7 Å². The number of fused-ring (bicyclic) bond motifs is 1. The van der Waals surface area contributed by atoms with Crippen LogP contribution in [0.15, 0.2) is 53.4 Å². The molecule has 0 fully saturated rings. The van der Waals surface area contributed by atoms with Gasteiger partial charge in [-0.1, -0.05) is 42.1 Å². The molecule has 0 aliphatic carbocycles. The van der Waals surface area contributed by atoms with Crippen molar-refractivity contribution in [1.82, 2.24) is 4.90 Å². The lowest BCUT2D eigenvalue weighted by atomic mass is 10.1. The van der Waals surface area contributed by atoms with Crippen molar-refractivity contribution in [3.8, 4) is 5.75 Å². The van der Waals surface area contributed by atoms with E-state index in [1.165, 1.54) is 5.56 Å². The number of para-hydroxylation sites is 1. The molecule has 116 valence electrons. The van der Waals surface area contributed by atoms with Gasteiger partial charge in [0.25, 0.3) is 5.76 Å². The van der Waals surface area contributed by atoms with E-state index in [0.717, 1.165) is 30.9 Å². The molecule has 0 aromatic heterocycles. The summed E-state index contributed by atoms with van der Waals surface area (Å²) in [6.07, 6.45) is 0. The molecule has 0 atom stereocenters. The van der Waals surface area contributed by atoms with Gasteiger partial charge in [0.1, 0.15) is 12.4 Å². The highest BCUT2D eigenvalue weighted by Gasteiger charge is 2.15. The zero-order valence-corrected chi connectivity index (χ0v) is 12.9. The number of nitrogens with zero attached hydrogens (tertiary/aromatic N) is 1. The molecule has 0 radical (unpaired) electrons. The Labute approximate surface area is 133 Å². The highest BCUT2D eigenvalue weighted by molar-refractivity contribution is 7.99. The minimum Gasteiger partial charge on any atom is -0.492 e. The second-order valence-electron chi connectivity index (χ2n) is 5.19. The third kappa shape index (κ3) is 3.99. The molecule has 1 aliphatic heterocycles. The van der Waals surface area contributed by atoms with Crippen molar-refractivity contribution in [2.75, 3.05) is 13.2 Å². The van der Waals surface area contributed by atoms with Crippen LogP contribution in [0.25, 0.3) is 0 Å². The molecular formula is C17H17F2NOS. The van der Waals surface area contributed by atoms with Crippen LogP contribution in [-0.2, 0) is 13.1 Å². The fraction of sp³-hybridized carbons (Fsp3) is 0.294. The van der Waals surface area contributed by atoms with Crippen molar-refractivity contribution >= 4 is 11.8 Å². The first-order valence-electron chi connectivity index (χ1n) is 7.17. The standard InChI is InChI=1S/C17H17F2NOS/c18-17(19)22-15-7-5-13(6-8-15)11-20-9-10-21-16-4-2-1-3-14(16)12-20/h1-8,17H,9-12H2. The Morgan fingerprint density at radius 3 is 2.64 bits per heavy atom. The van der Waals surface area contributed by atoms with Crippen LogP contribution in [0.5, 0.6) is 5.75 Å². The second-order valence-corrected chi connectivity index (χ2v) is 6.25. The molecule has 0 unspecified atom stereocenters. The number of halogens is 2. The molecule has 1 aliphatic rings. The number of alkyl halides is 2. The highest BCUT2D eigenvalue weighted by Crippen LogP contribution is 2.26. The second kappa shape index (κ2) is 7.11. The van der Waals surface area contributed by atoms with Gasteiger partial charge in [0.2, 0.25) is 0 Å². The molecule has 0 saturated heterocycles. The van der Waals surface area contributed by atoms with Crippen LogP contribution >= 0.6 is 11.8 Å². The fourth-order valence-electron chi connectivity index (χ4n) is 2.55. The first kappa shape index (κ1) is 15.3. The quantitative estimate of drug-likeness (QED) is 0.775. The van der Waals surface area contributed by atoms with Crippen LogP contribution in [0.4, 0.5) is 8.78 Å². The van der Waals surface area contributed by atoms with E-state index in [0.29, 0.717) is 23.3 Å². The average molecular weight is 321 g/mol. The van der Waals surface area contributed by atoms with Crippen LogP contribution in [0.3, 0.4) is 0 Å². The smallest absolute Gasteiger partial charge is 0.288 e. The van der Waals surface area contributed by atoms with E-state index in [4.69, 9.17) is 4.74 Å². The van der Waals surface area contributed by atoms with Gasteiger partial charge in [-0.25, -0.2) is 0 Å². The maximum Gasteiger partial charge on any atom is 0.288 e. The first-order valence-corrected chi connectivity index (χ1v) is 8.05. The number of hydrogen-bond donors (Lipinski definition) is 0. The molecule has 0 spiro atoms. The number of thioether (sulfide) groups is 1. The monoisotopic (exact) mass is 321 g/mol. The van der Waals surface area contributed by atoms with Gasteiger partial charge in [-0.3, -0.25) is 4.90 Å². The summed E-state index contributed by atoms with van der Waals surface area (Å²) >= 11 is 0.580. The van der Waals surface area contributed by atoms with Crippen molar-refractivity contribution in [2.24, 2.45) is 0 Å². The zero-order chi connectivity index (χ0) is 15.4. The zero-order valence-electron chi connectivity index (χ0n) is 12.0. The van der Waals surface area contributed by atoms with Crippen molar-refractivity contribution in [3.05, 3.63) is 59.7 Å². The van der Waals surface area contributed by atoms with Crippen LogP contribution < -0.4 is 4.74 Å². The van der Waals surface area contributed by atoms with Gasteiger partial charge in [-0.05, 0) is 23.8 Å². The summed E-state index contributed by atoms with van der Waals surface area (Å²) in [5, 5.41) is 0. The maximum absolute atomic E-state index is 12.3. The summed E-state index contributed by atoms with van der Waals surface area (Å²) in [5.74, 6) is -1.42. The van der Waals surface area contributed by atoms with E-state index in [9.17, 15) is 8.78 Å². The number of benzene rings is 2. The lowest BCUT2D eigenvalue weighted by Gasteiger charge is -2.19. The predicted molar refractivity (Wildman–Crippen MR) is 84.4 cm³/mol. The van der Waals surface area contributed by atoms with Crippen molar-refractivity contribution in [1.29, 1.82) is 0 Å². The SMILES string of the molecule is FC(F)Sc1ccc(CN2CCOc3ccccc3C2)cc1. The van der Waals surface area contributed by atoms with Gasteiger partial charge in [0, 0.05) is 30.1 Å². The highest BCUT2D eigenvalue weighted by atomic mass is 32.2. The average Bonchev–Trinajstić information content (AvgIpc) is 2.70. The molecule has 1 heterocycles. The lowest BCUT2D eigenvalue weighted by molar-refractivity contribution is 0.219. The molecule has 2 aromatic rings. The van der Waals surface area contributed by atoms with E-state index in [1.807, 2.05) is 30.3 Å². The Hall–Kier alpha value is -1.59. The van der Waals surface area contributed by atoms with Gasteiger partial charge < -0.3 is 4.74 Å². The Bertz CT molecular complexity index is 618. The fourth-order valence-corrected chi connectivity index (χ4v) is 3.05. The lowest BCUT2D eigenvalue weighted by Crippen LogP contribution is -2.25. The van der Waals surface area contributed by atoms with Crippen molar-refractivity contribution in [3.63, 3.8) is 0 Å². The minimum absolute atomic E-state index is 0.580. The summed E-state index contributed by atoms with van der Waals surface area (Å²) in [6, 6.07) is 15.4. The molecule has 5 heteroatoms. The Morgan fingerprint density at radius 1 is 1.09 bits per heavy atom. The predicted octanol–water partition coefficient (Wildman–Crippen LogP) is 4.40. The van der Waals surface area contributed by atoms with Gasteiger partial charge in [-0.2, -0.15) is 8.78 Å². The molecule has 0 N–H and O–H groups in total. The topological polar surface area (TPSA) is 12.5 Å². The van der Waals surface area contributed by atoms with E-state index in [1.54, 1.807) is 12.1 Å². The van der Waals surface area contributed by atoms with Crippen molar-refractivity contribution < 1.29 is 13.5 Å². The van der Waals surface area contributed by atoms with Crippen LogP contribution in [0.2, 0.25) is 0 Å². The largest absolute Gasteiger partial charge is 0.492 e. The molecule has 3 rings (SSSR count). The Morgan fingerprint density at radius 2 is 1.86 bits per heavy atom. The van der Waals surface area contributed by atoms with Gasteiger partial charge in [0.05, 0.1) is 0 Å². The molecular weight excluding hydrogens is 304 g/mol. The first-order chi connectivity index (χ1) is 10.7. The van der Waals surface area contributed by atoms with E-state index in [-0.39, 0.29) is 0 Å². The van der Waals surface area contributed by atoms with Crippen LogP contribution in [-0.4, -0.2) is 23.8 Å². The molecule has 0 bridgehead atoms. The normalized spacial score (nSPS) is 15.2. The van der Waals surface area contributed by atoms with Gasteiger partial charge in [-0.15, -0.1) is 0 Å². The number of rotatable bonds is 4. The summed E-state index contributed by atoms with van der Waals surface area (Å²) in [5.41, 5.74) is 2.31. The van der Waals surface area contributed by atoms with Gasteiger partial charge >= 0.3 is 0 Å². The molecule has 0 amide bonds. The van der Waals surface area contributed by atoms with E-state index < -0.39 is 5.76 Å².